The molecule has 1 radical (unpaired) electrons. The zero-order valence-electron chi connectivity index (χ0n) is 10.7. The maximum Gasteiger partial charge on any atom is 0.120 e. The highest BCUT2D eigenvalue weighted by Crippen LogP contribution is 2.20. The minimum absolute atomic E-state index is 0.760. The lowest BCUT2D eigenvalue weighted by molar-refractivity contribution is 0.282. The Hall–Kier alpha value is -1.48. The van der Waals surface area contributed by atoms with Gasteiger partial charge in [0.15, 0.2) is 0 Å². The molecule has 0 N–H and O–H groups in total. The van der Waals surface area contributed by atoms with E-state index in [0.29, 0.717) is 0 Å². The van der Waals surface area contributed by atoms with Crippen molar-refractivity contribution >= 4 is 10.9 Å². The summed E-state index contributed by atoms with van der Waals surface area (Å²) in [5.74, 6) is 0.929. The molecule has 1 aromatic carbocycles. The van der Waals surface area contributed by atoms with Gasteiger partial charge in [0.05, 0.1) is 6.61 Å². The quantitative estimate of drug-likeness (QED) is 0.735. The summed E-state index contributed by atoms with van der Waals surface area (Å²) in [7, 11) is 6.17. The van der Waals surface area contributed by atoms with E-state index in [1.54, 1.807) is 0 Å². The molecule has 0 aliphatic carbocycles. The highest BCUT2D eigenvalue weighted by atomic mass is 16.5. The fourth-order valence-electron chi connectivity index (χ4n) is 1.83. The lowest BCUT2D eigenvalue weighted by Gasteiger charge is -2.10. The summed E-state index contributed by atoms with van der Waals surface area (Å²) in [6, 6.07) is 9.35. The Morgan fingerprint density at radius 2 is 2.18 bits per heavy atom. The predicted molar refractivity (Wildman–Crippen MR) is 70.4 cm³/mol. The van der Waals surface area contributed by atoms with E-state index in [0.717, 1.165) is 30.7 Å². The monoisotopic (exact) mass is 231 g/mol. The van der Waals surface area contributed by atoms with Gasteiger partial charge in [-0.2, -0.15) is 0 Å². The minimum Gasteiger partial charge on any atom is -0.494 e. The van der Waals surface area contributed by atoms with Gasteiger partial charge in [-0.05, 0) is 38.7 Å². The summed E-state index contributed by atoms with van der Waals surface area (Å²) >= 11 is 0. The van der Waals surface area contributed by atoms with Gasteiger partial charge in [0.1, 0.15) is 5.75 Å². The van der Waals surface area contributed by atoms with Crippen LogP contribution in [0.5, 0.6) is 5.75 Å². The second-order valence-electron chi connectivity index (χ2n) is 4.57. The molecule has 0 aliphatic rings. The Balaban J connectivity index is 1.95. The molecule has 3 nitrogen and oxygen atoms in total. The molecular weight excluding hydrogens is 212 g/mol. The number of nitrogens with zero attached hydrogens (tertiary/aromatic N) is 2. The molecule has 0 unspecified atom stereocenters. The van der Waals surface area contributed by atoms with Crippen LogP contribution < -0.4 is 4.74 Å². The Bertz CT molecular complexity index is 488. The molecule has 1 aromatic heterocycles. The largest absolute Gasteiger partial charge is 0.494 e. The van der Waals surface area contributed by atoms with Crippen molar-refractivity contribution in [3.63, 3.8) is 0 Å². The van der Waals surface area contributed by atoms with Crippen molar-refractivity contribution < 1.29 is 4.74 Å². The van der Waals surface area contributed by atoms with Crippen molar-refractivity contribution in [2.45, 2.75) is 6.42 Å². The van der Waals surface area contributed by atoms with Crippen LogP contribution in [0.2, 0.25) is 0 Å². The van der Waals surface area contributed by atoms with Crippen LogP contribution in [0.15, 0.2) is 24.4 Å². The molecule has 2 rings (SSSR count). The summed E-state index contributed by atoms with van der Waals surface area (Å²) in [5, 5.41) is 1.11. The second kappa shape index (κ2) is 5.23. The van der Waals surface area contributed by atoms with Crippen molar-refractivity contribution in [2.75, 3.05) is 27.2 Å². The third-order valence-electron chi connectivity index (χ3n) is 2.78. The van der Waals surface area contributed by atoms with Crippen LogP contribution in [0.4, 0.5) is 0 Å². The van der Waals surface area contributed by atoms with Gasteiger partial charge >= 0.3 is 0 Å². The molecule has 17 heavy (non-hydrogen) atoms. The highest BCUT2D eigenvalue weighted by molar-refractivity contribution is 5.80. The number of hydrogen-bond donors (Lipinski definition) is 0. The van der Waals surface area contributed by atoms with Crippen molar-refractivity contribution in [3.05, 3.63) is 30.5 Å². The lowest BCUT2D eigenvalue weighted by atomic mass is 10.2. The van der Waals surface area contributed by atoms with Crippen LogP contribution >= 0.6 is 0 Å². The Kier molecular flexibility index (Phi) is 3.69. The zero-order valence-corrected chi connectivity index (χ0v) is 10.7. The molecule has 0 aliphatic heterocycles. The predicted octanol–water partition coefficient (Wildman–Crippen LogP) is 2.31. The van der Waals surface area contributed by atoms with Crippen molar-refractivity contribution in [1.82, 2.24) is 9.47 Å². The number of hydrogen-bond acceptors (Lipinski definition) is 2. The maximum atomic E-state index is 5.72. The first-order chi connectivity index (χ1) is 8.16. The van der Waals surface area contributed by atoms with Gasteiger partial charge in [0.25, 0.3) is 0 Å². The molecule has 2 aromatic rings. The number of fused-ring (bicyclic) bond motifs is 1. The van der Waals surface area contributed by atoms with Crippen LogP contribution in [-0.4, -0.2) is 36.7 Å². The third-order valence-corrected chi connectivity index (χ3v) is 2.78. The third kappa shape index (κ3) is 3.01. The van der Waals surface area contributed by atoms with E-state index in [2.05, 4.69) is 35.7 Å². The Labute approximate surface area is 103 Å². The van der Waals surface area contributed by atoms with Crippen LogP contribution in [0.3, 0.4) is 0 Å². The van der Waals surface area contributed by atoms with Crippen LogP contribution in [-0.2, 0) is 7.05 Å². The van der Waals surface area contributed by atoms with Crippen molar-refractivity contribution in [2.24, 2.45) is 7.05 Å². The smallest absolute Gasteiger partial charge is 0.120 e. The molecular formula is C14H19N2O. The molecule has 1 heterocycles. The summed E-state index contributed by atoms with van der Waals surface area (Å²) in [6.07, 6.45) is 2.99. The summed E-state index contributed by atoms with van der Waals surface area (Å²) in [6.45, 7) is 1.82. The van der Waals surface area contributed by atoms with E-state index in [9.17, 15) is 0 Å². The molecule has 0 saturated carbocycles. The molecule has 3 heteroatoms. The summed E-state index contributed by atoms with van der Waals surface area (Å²) < 4.78 is 7.78. The second-order valence-corrected chi connectivity index (χ2v) is 4.57. The van der Waals surface area contributed by atoms with Crippen LogP contribution in [0.25, 0.3) is 10.9 Å². The Morgan fingerprint density at radius 3 is 2.94 bits per heavy atom. The number of rotatable bonds is 5. The van der Waals surface area contributed by atoms with Gasteiger partial charge < -0.3 is 14.2 Å². The van der Waals surface area contributed by atoms with Gasteiger partial charge in [-0.1, -0.05) is 0 Å². The fourth-order valence-corrected chi connectivity index (χ4v) is 1.83. The van der Waals surface area contributed by atoms with Crippen molar-refractivity contribution in [1.29, 1.82) is 0 Å². The first-order valence-electron chi connectivity index (χ1n) is 5.91. The highest BCUT2D eigenvalue weighted by Gasteiger charge is 2.00. The fraction of sp³-hybridized carbons (Fsp3) is 0.429. The molecule has 0 spiro atoms. The topological polar surface area (TPSA) is 17.4 Å². The standard InChI is InChI=1S/C14H19N2O/c1-15(2)8-4-10-17-13-5-6-14-12(11-13)7-9-16(14)3/h5-6,9,11H,4,8,10H2,1-3H3. The number of ether oxygens (including phenoxy) is 1. The van der Waals surface area contributed by atoms with Gasteiger partial charge in [0.2, 0.25) is 0 Å². The van der Waals surface area contributed by atoms with E-state index >= 15 is 0 Å². The van der Waals surface area contributed by atoms with Crippen LogP contribution in [0.1, 0.15) is 6.42 Å². The van der Waals surface area contributed by atoms with E-state index in [4.69, 9.17) is 4.74 Å². The number of aromatic nitrogens is 1. The lowest BCUT2D eigenvalue weighted by Crippen LogP contribution is -2.15. The average Bonchev–Trinajstić information content (AvgIpc) is 2.66. The van der Waals surface area contributed by atoms with E-state index in [1.807, 2.05) is 25.4 Å². The molecule has 0 fully saturated rings. The number of aryl methyl sites for hydroxylation is 1. The van der Waals surface area contributed by atoms with Crippen LogP contribution in [0, 0.1) is 6.07 Å². The summed E-state index contributed by atoms with van der Waals surface area (Å²) in [5.41, 5.74) is 1.19. The molecule has 91 valence electrons. The van der Waals surface area contributed by atoms with Gasteiger partial charge in [-0.15, -0.1) is 0 Å². The van der Waals surface area contributed by atoms with Gasteiger partial charge in [0, 0.05) is 36.8 Å². The van der Waals surface area contributed by atoms with E-state index in [-0.39, 0.29) is 0 Å². The molecule has 0 atom stereocenters. The van der Waals surface area contributed by atoms with Gasteiger partial charge in [-0.25, -0.2) is 0 Å². The Morgan fingerprint density at radius 1 is 1.35 bits per heavy atom. The first kappa shape index (κ1) is 12.0. The van der Waals surface area contributed by atoms with Crippen molar-refractivity contribution in [3.8, 4) is 5.75 Å². The minimum atomic E-state index is 0.760. The molecule has 0 saturated heterocycles. The normalized spacial score (nSPS) is 11.3. The van der Waals surface area contributed by atoms with E-state index in [1.165, 1.54) is 5.52 Å². The maximum absolute atomic E-state index is 5.72. The first-order valence-corrected chi connectivity index (χ1v) is 5.91. The average molecular weight is 231 g/mol. The zero-order chi connectivity index (χ0) is 12.3. The van der Waals surface area contributed by atoms with E-state index < -0.39 is 0 Å². The molecule has 0 bridgehead atoms. The summed E-state index contributed by atoms with van der Waals surface area (Å²) in [4.78, 5) is 2.16. The van der Waals surface area contributed by atoms with Gasteiger partial charge in [-0.3, -0.25) is 0 Å². The molecule has 0 amide bonds. The SMILES string of the molecule is CN(C)CCCOc1ccc2c([c]cn2C)c1. The number of benzene rings is 1.